The van der Waals surface area contributed by atoms with E-state index in [0.717, 1.165) is 31.4 Å². The second kappa shape index (κ2) is 5.35. The van der Waals surface area contributed by atoms with E-state index in [1.807, 2.05) is 0 Å². The molecule has 5 heteroatoms. The highest BCUT2D eigenvalue weighted by Crippen LogP contribution is 2.36. The molecule has 0 spiro atoms. The maximum atomic E-state index is 6.16. The van der Waals surface area contributed by atoms with Crippen LogP contribution in [0.15, 0.2) is 18.2 Å². The highest BCUT2D eigenvalue weighted by atomic mass is 31.0. The van der Waals surface area contributed by atoms with Gasteiger partial charge >= 0.3 is 7.12 Å². The highest BCUT2D eigenvalue weighted by Gasteiger charge is 2.51. The molecule has 3 nitrogen and oxygen atoms in total. The summed E-state index contributed by atoms with van der Waals surface area (Å²) in [4.78, 5) is 0. The first kappa shape index (κ1) is 15.5. The molecule has 1 aromatic rings. The summed E-state index contributed by atoms with van der Waals surface area (Å²) in [5, 5.41) is 0. The van der Waals surface area contributed by atoms with E-state index in [0.29, 0.717) is 0 Å². The monoisotopic (exact) mass is 305 g/mol. The van der Waals surface area contributed by atoms with Crippen molar-refractivity contribution in [2.75, 3.05) is 13.1 Å². The van der Waals surface area contributed by atoms with Gasteiger partial charge in [0.1, 0.15) is 0 Å². The van der Waals surface area contributed by atoms with Gasteiger partial charge in [-0.05, 0) is 57.1 Å². The normalized spacial score (nSPS) is 24.7. The number of rotatable bonds is 1. The maximum Gasteiger partial charge on any atom is 0.494 e. The van der Waals surface area contributed by atoms with Crippen LogP contribution in [0.3, 0.4) is 0 Å². The Morgan fingerprint density at radius 2 is 1.57 bits per heavy atom. The minimum atomic E-state index is -0.276. The predicted octanol–water partition coefficient (Wildman–Crippen LogP) is 2.18. The summed E-state index contributed by atoms with van der Waals surface area (Å²) in [5.41, 5.74) is 3.49. The van der Waals surface area contributed by atoms with Crippen LogP contribution in [0.5, 0.6) is 0 Å². The minimum Gasteiger partial charge on any atom is -0.399 e. The highest BCUT2D eigenvalue weighted by molar-refractivity contribution is 7.13. The smallest absolute Gasteiger partial charge is 0.399 e. The van der Waals surface area contributed by atoms with E-state index < -0.39 is 0 Å². The van der Waals surface area contributed by atoms with E-state index in [2.05, 4.69) is 60.0 Å². The van der Waals surface area contributed by atoms with Gasteiger partial charge in [-0.3, -0.25) is 4.67 Å². The molecule has 0 radical (unpaired) electrons. The van der Waals surface area contributed by atoms with E-state index in [-0.39, 0.29) is 18.3 Å². The van der Waals surface area contributed by atoms with Crippen LogP contribution in [-0.2, 0) is 22.2 Å². The van der Waals surface area contributed by atoms with Crippen molar-refractivity contribution in [3.05, 3.63) is 29.3 Å². The van der Waals surface area contributed by atoms with Crippen LogP contribution < -0.4 is 5.46 Å². The quantitative estimate of drug-likeness (QED) is 0.586. The fourth-order valence-electron chi connectivity index (χ4n) is 2.89. The zero-order valence-electron chi connectivity index (χ0n) is 13.5. The van der Waals surface area contributed by atoms with E-state index in [1.165, 1.54) is 11.1 Å². The maximum absolute atomic E-state index is 6.16. The molecule has 1 aromatic carbocycles. The lowest BCUT2D eigenvalue weighted by atomic mass is 9.77. The predicted molar refractivity (Wildman–Crippen MR) is 90.8 cm³/mol. The Morgan fingerprint density at radius 3 is 2.19 bits per heavy atom. The largest absolute Gasteiger partial charge is 0.494 e. The summed E-state index contributed by atoms with van der Waals surface area (Å²) < 4.78 is 14.6. The van der Waals surface area contributed by atoms with Gasteiger partial charge in [0.2, 0.25) is 0 Å². The van der Waals surface area contributed by atoms with Gasteiger partial charge in [0, 0.05) is 13.1 Å². The molecule has 1 unspecified atom stereocenters. The molecule has 0 saturated carbocycles. The van der Waals surface area contributed by atoms with Crippen molar-refractivity contribution in [2.24, 2.45) is 0 Å². The van der Waals surface area contributed by atoms with Gasteiger partial charge in [0.25, 0.3) is 0 Å². The Labute approximate surface area is 130 Å². The first-order valence-electron chi connectivity index (χ1n) is 7.75. The number of hydrogen-bond acceptors (Lipinski definition) is 3. The molecule has 1 fully saturated rings. The Balaban J connectivity index is 1.85. The minimum absolute atomic E-state index is 0.254. The summed E-state index contributed by atoms with van der Waals surface area (Å²) in [6.45, 7) is 10.6. The third-order valence-electron chi connectivity index (χ3n) is 5.09. The average molecular weight is 305 g/mol. The summed E-state index contributed by atoms with van der Waals surface area (Å²) in [6, 6.07) is 6.69. The fourth-order valence-corrected chi connectivity index (χ4v) is 3.15. The number of nitrogens with zero attached hydrogens (tertiary/aromatic N) is 1. The lowest BCUT2D eigenvalue weighted by Crippen LogP contribution is -2.41. The van der Waals surface area contributed by atoms with Crippen molar-refractivity contribution >= 4 is 22.0 Å². The molecule has 0 aliphatic carbocycles. The summed E-state index contributed by atoms with van der Waals surface area (Å²) in [6.07, 6.45) is 2.20. The van der Waals surface area contributed by atoms with Gasteiger partial charge in [0.05, 0.1) is 11.2 Å². The van der Waals surface area contributed by atoms with Gasteiger partial charge in [0.15, 0.2) is 0 Å². The van der Waals surface area contributed by atoms with Crippen molar-refractivity contribution < 1.29 is 9.31 Å². The van der Waals surface area contributed by atoms with Crippen LogP contribution >= 0.6 is 9.39 Å². The molecule has 114 valence electrons. The van der Waals surface area contributed by atoms with E-state index in [1.54, 1.807) is 0 Å². The van der Waals surface area contributed by atoms with Crippen LogP contribution in [0.1, 0.15) is 38.8 Å². The molecule has 1 atom stereocenters. The van der Waals surface area contributed by atoms with Crippen molar-refractivity contribution in [2.45, 2.75) is 51.7 Å². The number of fused-ring (bicyclic) bond motifs is 1. The lowest BCUT2D eigenvalue weighted by molar-refractivity contribution is 0.00578. The van der Waals surface area contributed by atoms with Crippen LogP contribution in [0.25, 0.3) is 0 Å². The Kier molecular flexibility index (Phi) is 3.94. The topological polar surface area (TPSA) is 21.7 Å². The molecule has 1 saturated heterocycles. The summed E-state index contributed by atoms with van der Waals surface area (Å²) in [5.74, 6) is 0. The lowest BCUT2D eigenvalue weighted by Gasteiger charge is -2.32. The molecule has 2 aliphatic heterocycles. The van der Waals surface area contributed by atoms with Crippen LogP contribution in [0.4, 0.5) is 0 Å². The standard InChI is InChI=1S/C16H25BNO2P/c1-15(2)16(3,4)20-17(19-15)14-6-5-12-7-9-18(21)10-8-13(12)11-14/h5-6,11H,7-10,21H2,1-4H3. The molecule has 2 heterocycles. The fraction of sp³-hybridized carbons (Fsp3) is 0.625. The molecule has 0 aromatic heterocycles. The molecule has 0 amide bonds. The van der Waals surface area contributed by atoms with Gasteiger partial charge in [-0.15, -0.1) is 0 Å². The van der Waals surface area contributed by atoms with Crippen LogP contribution in [-0.4, -0.2) is 36.1 Å². The first-order valence-corrected chi connectivity index (χ1v) is 8.27. The third kappa shape index (κ3) is 2.92. The van der Waals surface area contributed by atoms with Gasteiger partial charge in [-0.1, -0.05) is 27.6 Å². The number of benzene rings is 1. The Hall–Kier alpha value is -0.405. The van der Waals surface area contributed by atoms with Gasteiger partial charge < -0.3 is 9.31 Å². The second-order valence-corrected chi connectivity index (χ2v) is 7.88. The summed E-state index contributed by atoms with van der Waals surface area (Å²) in [7, 11) is 2.56. The first-order chi connectivity index (χ1) is 9.78. The van der Waals surface area contributed by atoms with E-state index >= 15 is 0 Å². The second-order valence-electron chi connectivity index (χ2n) is 7.15. The third-order valence-corrected chi connectivity index (χ3v) is 5.61. The zero-order chi connectivity index (χ0) is 15.3. The van der Waals surface area contributed by atoms with Crippen LogP contribution in [0.2, 0.25) is 0 Å². The SMILES string of the molecule is CC1(C)OB(c2ccc3c(c2)CCN(P)CC3)OC1(C)C. The average Bonchev–Trinajstić information content (AvgIpc) is 2.55. The van der Waals surface area contributed by atoms with Crippen LogP contribution in [0, 0.1) is 0 Å². The molecule has 21 heavy (non-hydrogen) atoms. The van der Waals surface area contributed by atoms with E-state index in [9.17, 15) is 0 Å². The molecule has 0 bridgehead atoms. The Bertz CT molecular complexity index is 531. The Morgan fingerprint density at radius 1 is 1.00 bits per heavy atom. The van der Waals surface area contributed by atoms with Crippen molar-refractivity contribution in [3.8, 4) is 0 Å². The number of hydrogen-bond donors (Lipinski definition) is 0. The van der Waals surface area contributed by atoms with E-state index in [4.69, 9.17) is 9.31 Å². The zero-order valence-corrected chi connectivity index (χ0v) is 14.6. The molecular weight excluding hydrogens is 280 g/mol. The van der Waals surface area contributed by atoms with Gasteiger partial charge in [-0.25, -0.2) is 0 Å². The molecule has 0 N–H and O–H groups in total. The molecule has 3 rings (SSSR count). The van der Waals surface area contributed by atoms with Crippen molar-refractivity contribution in [3.63, 3.8) is 0 Å². The van der Waals surface area contributed by atoms with Gasteiger partial charge in [-0.2, -0.15) is 0 Å². The van der Waals surface area contributed by atoms with Crippen molar-refractivity contribution in [1.82, 2.24) is 4.67 Å². The van der Waals surface area contributed by atoms with Crippen molar-refractivity contribution in [1.29, 1.82) is 0 Å². The molecular formula is C16H25BNO2P. The molecule has 2 aliphatic rings. The summed E-state index contributed by atoms with van der Waals surface area (Å²) >= 11 is 0.